The summed E-state index contributed by atoms with van der Waals surface area (Å²) in [4.78, 5) is 2.28. The number of benzene rings is 2. The first-order valence-electron chi connectivity index (χ1n) is 8.67. The maximum absolute atomic E-state index is 13.8. The SMILES string of the molecule is Cc1cc(Cl)cc(N)c1S(=O)(=O)NC(Cc1c[nH]c2c(C#N)cc(Cl)cc12)C(F)(F)F. The largest absolute Gasteiger partial charge is 0.405 e. The number of nitrogens with one attached hydrogen (secondary N) is 2. The van der Waals surface area contributed by atoms with Crippen LogP contribution < -0.4 is 10.5 Å². The topological polar surface area (TPSA) is 112 Å². The molecular weight excluding hydrogens is 476 g/mol. The molecule has 0 saturated carbocycles. The monoisotopic (exact) mass is 490 g/mol. The van der Waals surface area contributed by atoms with Crippen molar-refractivity contribution in [2.45, 2.75) is 30.5 Å². The quantitative estimate of drug-likeness (QED) is 0.450. The zero-order chi connectivity index (χ0) is 23.1. The molecule has 0 saturated heterocycles. The van der Waals surface area contributed by atoms with Gasteiger partial charge < -0.3 is 10.7 Å². The average molecular weight is 491 g/mol. The summed E-state index contributed by atoms with van der Waals surface area (Å²) in [5.74, 6) is 0. The lowest BCUT2D eigenvalue weighted by Gasteiger charge is -2.22. The van der Waals surface area contributed by atoms with Crippen LogP contribution >= 0.6 is 23.2 Å². The van der Waals surface area contributed by atoms with Crippen LogP contribution in [0.25, 0.3) is 10.9 Å². The van der Waals surface area contributed by atoms with Gasteiger partial charge in [-0.25, -0.2) is 8.42 Å². The van der Waals surface area contributed by atoms with Gasteiger partial charge in [0.05, 0.1) is 16.8 Å². The van der Waals surface area contributed by atoms with Gasteiger partial charge in [-0.1, -0.05) is 23.2 Å². The van der Waals surface area contributed by atoms with E-state index in [1.807, 2.05) is 6.07 Å². The first-order valence-corrected chi connectivity index (χ1v) is 10.9. The summed E-state index contributed by atoms with van der Waals surface area (Å²) in [5.41, 5.74) is 6.16. The number of hydrogen-bond acceptors (Lipinski definition) is 4. The van der Waals surface area contributed by atoms with Crippen LogP contribution in [0.2, 0.25) is 10.0 Å². The molecule has 3 rings (SSSR count). The minimum atomic E-state index is -4.91. The van der Waals surface area contributed by atoms with Crippen LogP contribution in [0.3, 0.4) is 0 Å². The number of sulfonamides is 1. The molecule has 1 aromatic heterocycles. The number of rotatable bonds is 5. The van der Waals surface area contributed by atoms with Crippen LogP contribution in [0.1, 0.15) is 16.7 Å². The summed E-state index contributed by atoms with van der Waals surface area (Å²) < 4.78 is 68.6. The maximum atomic E-state index is 13.8. The Morgan fingerprint density at radius 3 is 2.45 bits per heavy atom. The number of fused-ring (bicyclic) bond motifs is 1. The van der Waals surface area contributed by atoms with E-state index in [9.17, 15) is 26.9 Å². The molecule has 12 heteroatoms. The fourth-order valence-corrected chi connectivity index (χ4v) is 5.38. The normalized spacial score (nSPS) is 13.3. The Hall–Kier alpha value is -2.45. The van der Waals surface area contributed by atoms with Crippen LogP contribution in [0.15, 0.2) is 35.4 Å². The van der Waals surface area contributed by atoms with E-state index in [1.54, 1.807) is 4.72 Å². The van der Waals surface area contributed by atoms with Crippen LogP contribution in [0.5, 0.6) is 0 Å². The Bertz CT molecular complexity index is 1290. The van der Waals surface area contributed by atoms with Gasteiger partial charge in [0, 0.05) is 21.6 Å². The zero-order valence-electron chi connectivity index (χ0n) is 15.8. The summed E-state index contributed by atoms with van der Waals surface area (Å²) in [7, 11) is -4.64. The third kappa shape index (κ3) is 4.75. The number of nitriles is 1. The highest BCUT2D eigenvalue weighted by Gasteiger charge is 2.43. The number of anilines is 1. The second-order valence-corrected chi connectivity index (χ2v) is 9.39. The number of nitrogens with zero attached hydrogens (tertiary/aromatic N) is 1. The predicted molar refractivity (Wildman–Crippen MR) is 112 cm³/mol. The molecule has 2 aromatic carbocycles. The van der Waals surface area contributed by atoms with E-state index in [1.165, 1.54) is 31.3 Å². The van der Waals surface area contributed by atoms with E-state index in [0.29, 0.717) is 10.9 Å². The van der Waals surface area contributed by atoms with Crippen molar-refractivity contribution in [2.24, 2.45) is 0 Å². The number of hydrogen-bond donors (Lipinski definition) is 3. The van der Waals surface area contributed by atoms with E-state index in [0.717, 1.165) is 6.07 Å². The van der Waals surface area contributed by atoms with E-state index in [4.69, 9.17) is 28.9 Å². The van der Waals surface area contributed by atoms with Crippen molar-refractivity contribution in [1.82, 2.24) is 9.71 Å². The van der Waals surface area contributed by atoms with E-state index < -0.39 is 33.6 Å². The van der Waals surface area contributed by atoms with E-state index >= 15 is 0 Å². The molecule has 3 aromatic rings. The number of halogens is 5. The molecule has 0 bridgehead atoms. The lowest BCUT2D eigenvalue weighted by molar-refractivity contribution is -0.150. The van der Waals surface area contributed by atoms with E-state index in [2.05, 4.69) is 4.98 Å². The number of aromatic nitrogens is 1. The molecule has 0 aliphatic rings. The van der Waals surface area contributed by atoms with Gasteiger partial charge in [-0.15, -0.1) is 0 Å². The molecule has 6 nitrogen and oxygen atoms in total. The molecule has 0 spiro atoms. The summed E-state index contributed by atoms with van der Waals surface area (Å²) in [5, 5.41) is 9.82. The molecule has 0 aliphatic carbocycles. The van der Waals surface area contributed by atoms with Gasteiger partial charge in [0.1, 0.15) is 17.0 Å². The molecule has 4 N–H and O–H groups in total. The van der Waals surface area contributed by atoms with Crippen LogP contribution in [-0.4, -0.2) is 25.6 Å². The molecule has 0 aliphatic heterocycles. The van der Waals surface area contributed by atoms with Crippen molar-refractivity contribution in [1.29, 1.82) is 5.26 Å². The summed E-state index contributed by atoms with van der Waals surface area (Å²) >= 11 is 11.8. The number of nitrogens with two attached hydrogens (primary N) is 1. The lowest BCUT2D eigenvalue weighted by atomic mass is 10.0. The second kappa shape index (κ2) is 8.24. The Balaban J connectivity index is 2.03. The first-order chi connectivity index (χ1) is 14.3. The summed E-state index contributed by atoms with van der Waals surface area (Å²) in [6.45, 7) is 1.38. The minimum absolute atomic E-state index is 0.107. The fourth-order valence-electron chi connectivity index (χ4n) is 3.32. The summed E-state index contributed by atoms with van der Waals surface area (Å²) in [6.07, 6.45) is -4.36. The van der Waals surface area contributed by atoms with Gasteiger partial charge >= 0.3 is 6.18 Å². The number of aromatic amines is 1. The van der Waals surface area contributed by atoms with Gasteiger partial charge in [0.25, 0.3) is 0 Å². The standard InChI is InChI=1S/C19H15Cl2F3N4O2S/c1-9-2-12(20)6-15(26)18(9)31(29,30)28-16(19(22,23)24)4-11-8-27-17-10(7-25)3-13(21)5-14(11)17/h2-3,5-6,8,16,27-28H,4,26H2,1H3. The van der Waals surface area contributed by atoms with Crippen LogP contribution in [0, 0.1) is 18.3 Å². The average Bonchev–Trinajstić information content (AvgIpc) is 3.01. The van der Waals surface area contributed by atoms with Gasteiger partial charge in [-0.05, 0) is 48.7 Å². The van der Waals surface area contributed by atoms with Crippen molar-refractivity contribution < 1.29 is 21.6 Å². The third-order valence-electron chi connectivity index (χ3n) is 4.61. The Morgan fingerprint density at radius 2 is 1.87 bits per heavy atom. The van der Waals surface area contributed by atoms with Crippen molar-refractivity contribution >= 4 is 49.8 Å². The Kier molecular flexibility index (Phi) is 6.17. The van der Waals surface area contributed by atoms with Crippen LogP contribution in [-0.2, 0) is 16.4 Å². The van der Waals surface area contributed by atoms with Gasteiger partial charge in [-0.3, -0.25) is 0 Å². The van der Waals surface area contributed by atoms with Crippen molar-refractivity contribution in [2.75, 3.05) is 5.73 Å². The molecule has 0 amide bonds. The molecule has 1 unspecified atom stereocenters. The Morgan fingerprint density at radius 1 is 1.23 bits per heavy atom. The van der Waals surface area contributed by atoms with Crippen molar-refractivity contribution in [3.05, 3.63) is 57.2 Å². The molecule has 31 heavy (non-hydrogen) atoms. The first kappa shape index (κ1) is 23.2. The number of nitrogen functional groups attached to an aromatic ring is 1. The maximum Gasteiger partial charge on any atom is 0.405 e. The predicted octanol–water partition coefficient (Wildman–Crippen LogP) is 4.69. The summed E-state index contributed by atoms with van der Waals surface area (Å²) in [6, 6.07) is 4.67. The highest BCUT2D eigenvalue weighted by Crippen LogP contribution is 2.32. The van der Waals surface area contributed by atoms with Gasteiger partial charge in [0.2, 0.25) is 10.0 Å². The molecule has 0 radical (unpaired) electrons. The number of aryl methyl sites for hydroxylation is 1. The number of alkyl halides is 3. The molecule has 164 valence electrons. The van der Waals surface area contributed by atoms with E-state index in [-0.39, 0.29) is 32.4 Å². The van der Waals surface area contributed by atoms with Crippen molar-refractivity contribution in [3.63, 3.8) is 0 Å². The van der Waals surface area contributed by atoms with Crippen molar-refractivity contribution in [3.8, 4) is 6.07 Å². The van der Waals surface area contributed by atoms with Gasteiger partial charge in [0.15, 0.2) is 0 Å². The number of H-pyrrole nitrogens is 1. The highest BCUT2D eigenvalue weighted by molar-refractivity contribution is 7.89. The Labute approximate surface area is 185 Å². The second-order valence-electron chi connectivity index (χ2n) is 6.86. The smallest absolute Gasteiger partial charge is 0.398 e. The zero-order valence-corrected chi connectivity index (χ0v) is 18.1. The molecule has 1 heterocycles. The minimum Gasteiger partial charge on any atom is -0.398 e. The molecule has 1 atom stereocenters. The molecule has 0 fully saturated rings. The highest BCUT2D eigenvalue weighted by atomic mass is 35.5. The lowest BCUT2D eigenvalue weighted by Crippen LogP contribution is -2.47. The van der Waals surface area contributed by atoms with Gasteiger partial charge in [-0.2, -0.15) is 23.2 Å². The van der Waals surface area contributed by atoms with Crippen LogP contribution in [0.4, 0.5) is 18.9 Å². The molecular formula is C19H15Cl2F3N4O2S. The third-order valence-corrected chi connectivity index (χ3v) is 6.74. The fraction of sp³-hybridized carbons (Fsp3) is 0.211.